The van der Waals surface area contributed by atoms with Crippen molar-refractivity contribution in [1.29, 1.82) is 0 Å². The molecule has 1 unspecified atom stereocenters. The average Bonchev–Trinajstić information content (AvgIpc) is 3.26. The van der Waals surface area contributed by atoms with Crippen molar-refractivity contribution >= 4 is 22.8 Å². The van der Waals surface area contributed by atoms with Crippen LogP contribution in [0.2, 0.25) is 0 Å². The van der Waals surface area contributed by atoms with E-state index in [1.54, 1.807) is 24.5 Å². The number of methoxy groups -OCH3 is 1. The minimum atomic E-state index is -1.41. The molecule has 0 radical (unpaired) electrons. The summed E-state index contributed by atoms with van der Waals surface area (Å²) in [5.74, 6) is -1.44. The first-order valence-electron chi connectivity index (χ1n) is 12.3. The second-order valence-electron chi connectivity index (χ2n) is 9.80. The summed E-state index contributed by atoms with van der Waals surface area (Å²) in [6, 6.07) is 2.71. The number of carbonyl (C=O) groups is 2. The standard InChI is InChI=1S/C27H26FN3O6/c1-4-27(36-3)16-7-20-24-14(9-31(20)25(34)15(16)11-37-26(27)35)23-18(29-21(33)10-32)6-5-13-12(2)17(28)8-19(30-24)22(13)23/h7-8,18,32H,4-6,9-11H2,1-3H3,(H,29,33)/t18?,27-/m0/s1. The highest BCUT2D eigenvalue weighted by Crippen LogP contribution is 2.46. The maximum Gasteiger partial charge on any atom is 0.343 e. The van der Waals surface area contributed by atoms with E-state index >= 15 is 0 Å². The third kappa shape index (κ3) is 3.09. The molecule has 192 valence electrons. The summed E-state index contributed by atoms with van der Waals surface area (Å²) in [7, 11) is 1.41. The number of ether oxygens (including phenoxy) is 2. The van der Waals surface area contributed by atoms with Crippen LogP contribution in [0, 0.1) is 12.7 Å². The molecule has 6 rings (SSSR count). The highest BCUT2D eigenvalue weighted by molar-refractivity contribution is 5.94. The maximum atomic E-state index is 14.9. The maximum absolute atomic E-state index is 14.9. The van der Waals surface area contributed by atoms with Crippen LogP contribution in [0.1, 0.15) is 59.2 Å². The first-order chi connectivity index (χ1) is 17.7. The molecule has 0 spiro atoms. The lowest BCUT2D eigenvalue weighted by molar-refractivity contribution is -0.176. The van der Waals surface area contributed by atoms with Gasteiger partial charge in [0, 0.05) is 29.7 Å². The molecular weight excluding hydrogens is 481 g/mol. The van der Waals surface area contributed by atoms with Crippen LogP contribution in [0.5, 0.6) is 0 Å². The SMILES string of the molecule is CC[C@@]1(OC)C(=O)OCc2c1cc1n(c2=O)Cc2c-1nc1cc(F)c(C)c3c1c2C(NC(=O)CO)CC3. The van der Waals surface area contributed by atoms with Crippen molar-refractivity contribution in [3.63, 3.8) is 0 Å². The molecule has 0 saturated carbocycles. The van der Waals surface area contributed by atoms with Gasteiger partial charge in [-0.05, 0) is 48.9 Å². The Kier molecular flexibility index (Phi) is 5.26. The normalized spacial score (nSPS) is 21.3. The van der Waals surface area contributed by atoms with Gasteiger partial charge in [-0.15, -0.1) is 0 Å². The molecule has 2 aromatic heterocycles. The first-order valence-corrected chi connectivity index (χ1v) is 12.3. The number of aliphatic hydroxyl groups excluding tert-OH is 1. The predicted octanol–water partition coefficient (Wildman–Crippen LogP) is 2.28. The highest BCUT2D eigenvalue weighted by atomic mass is 19.1. The Labute approximate surface area is 211 Å². The Hall–Kier alpha value is -3.63. The summed E-state index contributed by atoms with van der Waals surface area (Å²) >= 11 is 0. The number of benzene rings is 1. The fraction of sp³-hybridized carbons (Fsp3) is 0.407. The van der Waals surface area contributed by atoms with Crippen molar-refractivity contribution < 1.29 is 28.6 Å². The summed E-state index contributed by atoms with van der Waals surface area (Å²) in [6.07, 6.45) is 1.32. The number of fused-ring (bicyclic) bond motifs is 5. The largest absolute Gasteiger partial charge is 0.458 e. The van der Waals surface area contributed by atoms with Crippen LogP contribution in [0.15, 0.2) is 16.9 Å². The van der Waals surface area contributed by atoms with Gasteiger partial charge < -0.3 is 24.5 Å². The van der Waals surface area contributed by atoms with Crippen LogP contribution in [0.25, 0.3) is 22.3 Å². The van der Waals surface area contributed by atoms with Gasteiger partial charge in [-0.3, -0.25) is 9.59 Å². The number of aryl methyl sites for hydroxylation is 1. The number of nitrogens with zero attached hydrogens (tertiary/aromatic N) is 2. The number of cyclic esters (lactones) is 1. The predicted molar refractivity (Wildman–Crippen MR) is 130 cm³/mol. The minimum absolute atomic E-state index is 0.152. The third-order valence-electron chi connectivity index (χ3n) is 8.17. The number of amides is 1. The zero-order valence-corrected chi connectivity index (χ0v) is 20.7. The molecule has 1 aromatic carbocycles. The van der Waals surface area contributed by atoms with Crippen LogP contribution < -0.4 is 10.9 Å². The quantitative estimate of drug-likeness (QED) is 0.407. The molecule has 37 heavy (non-hydrogen) atoms. The molecule has 1 aliphatic carbocycles. The van der Waals surface area contributed by atoms with E-state index in [1.165, 1.54) is 13.2 Å². The molecule has 0 saturated heterocycles. The van der Waals surface area contributed by atoms with Gasteiger partial charge >= 0.3 is 5.97 Å². The van der Waals surface area contributed by atoms with Crippen LogP contribution in [0.3, 0.4) is 0 Å². The lowest BCUT2D eigenvalue weighted by Crippen LogP contribution is -2.45. The molecule has 1 amide bonds. The van der Waals surface area contributed by atoms with Gasteiger partial charge in [0.05, 0.1) is 35.1 Å². The molecule has 2 N–H and O–H groups in total. The number of halogens is 1. The van der Waals surface area contributed by atoms with Crippen LogP contribution in [-0.2, 0) is 44.2 Å². The summed E-state index contributed by atoms with van der Waals surface area (Å²) in [6.45, 7) is 2.92. The van der Waals surface area contributed by atoms with Gasteiger partial charge in [0.25, 0.3) is 5.56 Å². The number of hydrogen-bond acceptors (Lipinski definition) is 7. The number of aromatic nitrogens is 2. The van der Waals surface area contributed by atoms with E-state index < -0.39 is 30.1 Å². The molecule has 10 heteroatoms. The van der Waals surface area contributed by atoms with Gasteiger partial charge in [-0.25, -0.2) is 14.2 Å². The van der Waals surface area contributed by atoms with E-state index in [4.69, 9.17) is 14.5 Å². The van der Waals surface area contributed by atoms with E-state index in [0.29, 0.717) is 46.4 Å². The van der Waals surface area contributed by atoms with E-state index in [2.05, 4.69) is 5.32 Å². The number of aliphatic hydroxyl groups is 1. The molecule has 2 aliphatic heterocycles. The second kappa shape index (κ2) is 8.19. The Morgan fingerprint density at radius 2 is 2.11 bits per heavy atom. The van der Waals surface area contributed by atoms with Crippen molar-refractivity contribution in [1.82, 2.24) is 14.9 Å². The van der Waals surface area contributed by atoms with Crippen LogP contribution >= 0.6 is 0 Å². The van der Waals surface area contributed by atoms with Gasteiger partial charge in [-0.1, -0.05) is 6.92 Å². The van der Waals surface area contributed by atoms with E-state index in [1.807, 2.05) is 0 Å². The summed E-state index contributed by atoms with van der Waals surface area (Å²) < 4.78 is 27.5. The lowest BCUT2D eigenvalue weighted by atomic mass is 9.81. The minimum Gasteiger partial charge on any atom is -0.458 e. The number of hydrogen-bond donors (Lipinski definition) is 2. The zero-order chi connectivity index (χ0) is 26.2. The zero-order valence-electron chi connectivity index (χ0n) is 20.7. The fourth-order valence-electron chi connectivity index (χ4n) is 6.27. The molecule has 4 heterocycles. The molecular formula is C27H26FN3O6. The molecule has 3 aromatic rings. The first kappa shape index (κ1) is 23.7. The fourth-order valence-corrected chi connectivity index (χ4v) is 6.27. The number of rotatable bonds is 4. The Morgan fingerprint density at radius 1 is 1.32 bits per heavy atom. The summed E-state index contributed by atoms with van der Waals surface area (Å²) in [5.41, 5.74) is 3.43. The highest BCUT2D eigenvalue weighted by Gasteiger charge is 2.47. The van der Waals surface area contributed by atoms with Crippen LogP contribution in [-0.4, -0.2) is 40.3 Å². The van der Waals surface area contributed by atoms with E-state index in [9.17, 15) is 23.9 Å². The van der Waals surface area contributed by atoms with Gasteiger partial charge in [0.15, 0.2) is 5.60 Å². The average molecular weight is 508 g/mol. The number of pyridine rings is 2. The molecule has 2 atom stereocenters. The Bertz CT molecular complexity index is 1590. The summed E-state index contributed by atoms with van der Waals surface area (Å²) in [4.78, 5) is 43.5. The van der Waals surface area contributed by atoms with Crippen molar-refractivity contribution in [2.24, 2.45) is 0 Å². The molecule has 0 fully saturated rings. The molecule has 0 bridgehead atoms. The van der Waals surface area contributed by atoms with Gasteiger partial charge in [-0.2, -0.15) is 0 Å². The smallest absolute Gasteiger partial charge is 0.343 e. The number of esters is 1. The third-order valence-corrected chi connectivity index (χ3v) is 8.17. The van der Waals surface area contributed by atoms with Crippen molar-refractivity contribution in [3.8, 4) is 11.4 Å². The Morgan fingerprint density at radius 3 is 2.81 bits per heavy atom. The Balaban J connectivity index is 1.66. The van der Waals surface area contributed by atoms with Gasteiger partial charge in [0.1, 0.15) is 19.0 Å². The van der Waals surface area contributed by atoms with Gasteiger partial charge in [0.2, 0.25) is 5.91 Å². The van der Waals surface area contributed by atoms with E-state index in [-0.39, 0.29) is 30.9 Å². The summed E-state index contributed by atoms with van der Waals surface area (Å²) in [5, 5.41) is 13.0. The number of nitrogens with one attached hydrogen (secondary N) is 1. The molecule has 3 aliphatic rings. The monoisotopic (exact) mass is 507 g/mol. The molecule has 9 nitrogen and oxygen atoms in total. The van der Waals surface area contributed by atoms with Crippen LogP contribution in [0.4, 0.5) is 4.39 Å². The van der Waals surface area contributed by atoms with E-state index in [0.717, 1.165) is 22.1 Å². The second-order valence-corrected chi connectivity index (χ2v) is 9.80. The number of carbonyl (C=O) groups excluding carboxylic acids is 2. The van der Waals surface area contributed by atoms with Crippen molar-refractivity contribution in [3.05, 3.63) is 61.7 Å². The topological polar surface area (TPSA) is 120 Å². The lowest BCUT2D eigenvalue weighted by Gasteiger charge is -2.35. The van der Waals surface area contributed by atoms with Crippen molar-refractivity contribution in [2.75, 3.05) is 13.7 Å². The van der Waals surface area contributed by atoms with Crippen molar-refractivity contribution in [2.45, 2.75) is 57.9 Å².